The molecule has 8 heteroatoms. The number of benzene rings is 2. The first-order chi connectivity index (χ1) is 15.3. The predicted molar refractivity (Wildman–Crippen MR) is 119 cm³/mol. The molecule has 4 rings (SSSR count). The van der Waals surface area contributed by atoms with Gasteiger partial charge in [-0.3, -0.25) is 9.36 Å². The quantitative estimate of drug-likeness (QED) is 0.401. The molecule has 0 fully saturated rings. The zero-order valence-electron chi connectivity index (χ0n) is 17.0. The number of furan rings is 1. The average Bonchev–Trinajstić information content (AvgIpc) is 3.48. The average molecular weight is 435 g/mol. The number of amides is 1. The van der Waals surface area contributed by atoms with E-state index in [2.05, 4.69) is 15.5 Å². The van der Waals surface area contributed by atoms with Crippen molar-refractivity contribution in [3.05, 3.63) is 78.6 Å². The minimum absolute atomic E-state index is 0.0601. The number of hydrogen-bond acceptors (Lipinski definition) is 6. The van der Waals surface area contributed by atoms with E-state index in [1.54, 1.807) is 19.4 Å². The lowest BCUT2D eigenvalue weighted by Gasteiger charge is -2.13. The van der Waals surface area contributed by atoms with Crippen LogP contribution in [0.4, 0.5) is 0 Å². The van der Waals surface area contributed by atoms with E-state index in [0.29, 0.717) is 29.0 Å². The van der Waals surface area contributed by atoms with E-state index in [1.807, 2.05) is 65.2 Å². The number of methoxy groups -OCH3 is 1. The third-order valence-corrected chi connectivity index (χ3v) is 5.54. The fourth-order valence-electron chi connectivity index (χ4n) is 3.13. The van der Waals surface area contributed by atoms with E-state index in [0.717, 1.165) is 12.1 Å². The van der Waals surface area contributed by atoms with Gasteiger partial charge < -0.3 is 14.5 Å². The second-order valence-corrected chi connectivity index (χ2v) is 7.61. The first-order valence-electron chi connectivity index (χ1n) is 9.82. The summed E-state index contributed by atoms with van der Waals surface area (Å²) in [6.07, 6.45) is 2.38. The Morgan fingerprint density at radius 3 is 2.65 bits per heavy atom. The molecule has 0 saturated carbocycles. The van der Waals surface area contributed by atoms with Gasteiger partial charge in [-0.05, 0) is 36.2 Å². The van der Waals surface area contributed by atoms with Crippen LogP contribution >= 0.6 is 11.8 Å². The van der Waals surface area contributed by atoms with Crippen LogP contribution < -0.4 is 10.1 Å². The predicted octanol–water partition coefficient (Wildman–Crippen LogP) is 3.99. The number of carbonyl (C=O) groups excluding carboxylic acids is 1. The van der Waals surface area contributed by atoms with E-state index in [-0.39, 0.29) is 11.7 Å². The lowest BCUT2D eigenvalue weighted by molar-refractivity contribution is -0.118. The Bertz CT molecular complexity index is 1130. The van der Waals surface area contributed by atoms with Crippen molar-refractivity contribution in [3.63, 3.8) is 0 Å². The monoisotopic (exact) mass is 434 g/mol. The number of thioether (sulfide) groups is 1. The molecule has 0 aliphatic carbocycles. The molecule has 2 heterocycles. The normalized spacial score (nSPS) is 10.7. The molecule has 2 aromatic carbocycles. The molecule has 0 unspecified atom stereocenters. The summed E-state index contributed by atoms with van der Waals surface area (Å²) in [5.41, 5.74) is 1.96. The number of aromatic nitrogens is 3. The van der Waals surface area contributed by atoms with Gasteiger partial charge in [-0.15, -0.1) is 10.2 Å². The Morgan fingerprint density at radius 2 is 1.87 bits per heavy atom. The Balaban J connectivity index is 1.49. The van der Waals surface area contributed by atoms with Crippen molar-refractivity contribution in [2.75, 3.05) is 19.4 Å². The van der Waals surface area contributed by atoms with Crippen LogP contribution in [-0.2, 0) is 11.2 Å². The van der Waals surface area contributed by atoms with Crippen molar-refractivity contribution in [2.45, 2.75) is 11.6 Å². The number of para-hydroxylation sites is 2. The SMILES string of the molecule is COc1ccccc1-n1c(SCC(=O)NCCc2ccccc2)nnc1-c1ccco1. The van der Waals surface area contributed by atoms with Gasteiger partial charge in [-0.25, -0.2) is 0 Å². The molecule has 0 spiro atoms. The Labute approximate surface area is 184 Å². The van der Waals surface area contributed by atoms with Crippen LogP contribution in [0.2, 0.25) is 0 Å². The minimum atomic E-state index is -0.0601. The summed E-state index contributed by atoms with van der Waals surface area (Å²) in [7, 11) is 1.61. The van der Waals surface area contributed by atoms with Crippen LogP contribution in [0.3, 0.4) is 0 Å². The molecule has 0 atom stereocenters. The van der Waals surface area contributed by atoms with Gasteiger partial charge in [0.15, 0.2) is 10.9 Å². The van der Waals surface area contributed by atoms with Gasteiger partial charge in [-0.1, -0.05) is 54.2 Å². The maximum atomic E-state index is 12.4. The van der Waals surface area contributed by atoms with E-state index >= 15 is 0 Å². The summed E-state index contributed by atoms with van der Waals surface area (Å²) in [6, 6.07) is 21.3. The summed E-state index contributed by atoms with van der Waals surface area (Å²) in [5.74, 6) is 1.96. The first-order valence-corrected chi connectivity index (χ1v) is 10.8. The second-order valence-electron chi connectivity index (χ2n) is 6.66. The van der Waals surface area contributed by atoms with Crippen LogP contribution in [0.25, 0.3) is 17.3 Å². The van der Waals surface area contributed by atoms with Gasteiger partial charge in [0.25, 0.3) is 0 Å². The maximum Gasteiger partial charge on any atom is 0.230 e. The smallest absolute Gasteiger partial charge is 0.230 e. The van der Waals surface area contributed by atoms with Crippen LogP contribution in [0, 0.1) is 0 Å². The number of nitrogens with one attached hydrogen (secondary N) is 1. The van der Waals surface area contributed by atoms with E-state index in [9.17, 15) is 4.79 Å². The molecule has 0 aliphatic heterocycles. The zero-order valence-corrected chi connectivity index (χ0v) is 17.8. The summed E-state index contributed by atoms with van der Waals surface area (Å²) < 4.78 is 12.9. The molecule has 0 radical (unpaired) electrons. The number of hydrogen-bond donors (Lipinski definition) is 1. The van der Waals surface area contributed by atoms with E-state index < -0.39 is 0 Å². The first kappa shape index (κ1) is 20.7. The molecule has 0 bridgehead atoms. The fraction of sp³-hybridized carbons (Fsp3) is 0.174. The third kappa shape index (κ3) is 4.97. The topological polar surface area (TPSA) is 82.2 Å². The number of ether oxygens (including phenoxy) is 1. The molecule has 1 amide bonds. The summed E-state index contributed by atoms with van der Waals surface area (Å²) in [4.78, 5) is 12.4. The second kappa shape index (κ2) is 9.99. The van der Waals surface area contributed by atoms with Gasteiger partial charge in [0.05, 0.1) is 24.8 Å². The lowest BCUT2D eigenvalue weighted by atomic mass is 10.1. The molecule has 4 aromatic rings. The third-order valence-electron chi connectivity index (χ3n) is 4.61. The van der Waals surface area contributed by atoms with Crippen molar-refractivity contribution in [3.8, 4) is 23.0 Å². The number of nitrogens with zero attached hydrogens (tertiary/aromatic N) is 3. The van der Waals surface area contributed by atoms with Crippen molar-refractivity contribution >= 4 is 17.7 Å². The van der Waals surface area contributed by atoms with Crippen LogP contribution in [0.15, 0.2) is 82.6 Å². The molecular weight excluding hydrogens is 412 g/mol. The van der Waals surface area contributed by atoms with E-state index in [4.69, 9.17) is 9.15 Å². The highest BCUT2D eigenvalue weighted by Gasteiger charge is 2.21. The van der Waals surface area contributed by atoms with Crippen molar-refractivity contribution in [1.82, 2.24) is 20.1 Å². The van der Waals surface area contributed by atoms with Crippen molar-refractivity contribution < 1.29 is 13.9 Å². The Kier molecular flexibility index (Phi) is 6.68. The highest BCUT2D eigenvalue weighted by molar-refractivity contribution is 7.99. The number of rotatable bonds is 9. The molecule has 31 heavy (non-hydrogen) atoms. The molecule has 0 aliphatic rings. The van der Waals surface area contributed by atoms with Gasteiger partial charge in [-0.2, -0.15) is 0 Å². The largest absolute Gasteiger partial charge is 0.495 e. The van der Waals surface area contributed by atoms with Gasteiger partial charge >= 0.3 is 0 Å². The zero-order chi connectivity index (χ0) is 21.5. The van der Waals surface area contributed by atoms with Gasteiger partial charge in [0.2, 0.25) is 11.7 Å². The fourth-order valence-corrected chi connectivity index (χ4v) is 3.91. The van der Waals surface area contributed by atoms with Gasteiger partial charge in [0.1, 0.15) is 5.75 Å². The Hall–Kier alpha value is -3.52. The molecule has 2 aromatic heterocycles. The Morgan fingerprint density at radius 1 is 1.06 bits per heavy atom. The highest BCUT2D eigenvalue weighted by Crippen LogP contribution is 2.32. The number of carbonyl (C=O) groups is 1. The molecular formula is C23H22N4O3S. The highest BCUT2D eigenvalue weighted by atomic mass is 32.2. The summed E-state index contributed by atoms with van der Waals surface area (Å²) in [6.45, 7) is 0.584. The van der Waals surface area contributed by atoms with Gasteiger partial charge in [0, 0.05) is 6.54 Å². The molecule has 1 N–H and O–H groups in total. The molecule has 0 saturated heterocycles. The molecule has 7 nitrogen and oxygen atoms in total. The van der Waals surface area contributed by atoms with Crippen LogP contribution in [0.1, 0.15) is 5.56 Å². The standard InChI is InChI=1S/C23H22N4O3S/c1-29-19-11-6-5-10-18(19)27-22(20-12-7-15-30-20)25-26-23(27)31-16-21(28)24-14-13-17-8-3-2-4-9-17/h2-12,15H,13-14,16H2,1H3,(H,24,28). The van der Waals surface area contributed by atoms with Crippen LogP contribution in [0.5, 0.6) is 5.75 Å². The van der Waals surface area contributed by atoms with Crippen LogP contribution in [-0.4, -0.2) is 40.1 Å². The molecule has 158 valence electrons. The van der Waals surface area contributed by atoms with Crippen molar-refractivity contribution in [2.24, 2.45) is 0 Å². The maximum absolute atomic E-state index is 12.4. The summed E-state index contributed by atoms with van der Waals surface area (Å²) in [5, 5.41) is 12.1. The minimum Gasteiger partial charge on any atom is -0.495 e. The summed E-state index contributed by atoms with van der Waals surface area (Å²) >= 11 is 1.31. The van der Waals surface area contributed by atoms with Crippen molar-refractivity contribution in [1.29, 1.82) is 0 Å². The van der Waals surface area contributed by atoms with E-state index in [1.165, 1.54) is 17.3 Å². The lowest BCUT2D eigenvalue weighted by Crippen LogP contribution is -2.27.